The Bertz CT molecular complexity index is 602. The fraction of sp³-hybridized carbons (Fsp3) is 0.455. The van der Waals surface area contributed by atoms with Gasteiger partial charge in [-0.1, -0.05) is 31.4 Å². The van der Waals surface area contributed by atoms with Crippen LogP contribution in [0, 0.1) is 0 Å². The molecule has 0 spiro atoms. The number of halogens is 1. The van der Waals surface area contributed by atoms with Gasteiger partial charge in [-0.25, -0.2) is 9.97 Å². The van der Waals surface area contributed by atoms with Crippen molar-refractivity contribution in [2.24, 2.45) is 0 Å². The molecule has 1 atom stereocenters. The van der Waals surface area contributed by atoms with Gasteiger partial charge >= 0.3 is 0 Å². The molecule has 0 fully saturated rings. The predicted molar refractivity (Wildman–Crippen MR) is 74.7 cm³/mol. The molecule has 2 aromatic heterocycles. The van der Waals surface area contributed by atoms with Crippen LogP contribution < -0.4 is 4.72 Å². The van der Waals surface area contributed by atoms with Crippen LogP contribution in [0.1, 0.15) is 32.0 Å². The number of nitrogens with zero attached hydrogens (tertiary/aromatic N) is 2. The van der Waals surface area contributed by atoms with E-state index in [-0.39, 0.29) is 5.15 Å². The largest absolute Gasteiger partial charge is 0.755 e. The Labute approximate surface area is 118 Å². The first kappa shape index (κ1) is 14.2. The highest BCUT2D eigenvalue weighted by atomic mass is 35.5. The van der Waals surface area contributed by atoms with E-state index in [9.17, 15) is 8.76 Å². The maximum atomic E-state index is 10.7. The summed E-state index contributed by atoms with van der Waals surface area (Å²) < 4.78 is 23.6. The highest BCUT2D eigenvalue weighted by Crippen LogP contribution is 2.28. The molecule has 0 aromatic carbocycles. The number of anilines is 1. The topological polar surface area (TPSA) is 93.7 Å². The summed E-state index contributed by atoms with van der Waals surface area (Å²) in [5.74, 6) is 0.669. The number of aromatic nitrogens is 3. The van der Waals surface area contributed by atoms with Gasteiger partial charge in [0.05, 0.1) is 11.1 Å². The Hall–Kier alpha value is -1.18. The number of aromatic amines is 1. The van der Waals surface area contributed by atoms with Gasteiger partial charge in [-0.3, -0.25) is 4.21 Å². The van der Waals surface area contributed by atoms with Crippen molar-refractivity contribution in [3.8, 4) is 0 Å². The van der Waals surface area contributed by atoms with E-state index in [1.807, 2.05) is 0 Å². The smallest absolute Gasteiger partial charge is 0.144 e. The maximum Gasteiger partial charge on any atom is 0.144 e. The Morgan fingerprint density at radius 1 is 1.47 bits per heavy atom. The molecule has 0 saturated heterocycles. The molecule has 104 valence electrons. The lowest BCUT2D eigenvalue weighted by Gasteiger charge is -2.07. The van der Waals surface area contributed by atoms with Crippen molar-refractivity contribution in [1.82, 2.24) is 15.0 Å². The molecule has 1 unspecified atom stereocenters. The predicted octanol–water partition coefficient (Wildman–Crippen LogP) is 2.55. The molecule has 2 rings (SSSR count). The third-order valence-electron chi connectivity index (χ3n) is 2.73. The van der Waals surface area contributed by atoms with Gasteiger partial charge < -0.3 is 14.3 Å². The number of fused-ring (bicyclic) bond motifs is 1. The fourth-order valence-electron chi connectivity index (χ4n) is 1.85. The zero-order valence-corrected chi connectivity index (χ0v) is 12.0. The third kappa shape index (κ3) is 3.43. The van der Waals surface area contributed by atoms with Crippen molar-refractivity contribution in [2.45, 2.75) is 32.6 Å². The van der Waals surface area contributed by atoms with Crippen LogP contribution in [0.25, 0.3) is 11.0 Å². The molecule has 8 heteroatoms. The standard InChI is InChI=1S/C11H15ClN4O2S/c1-2-3-4-5-8-14-10(12)9-7(16-19(17)18)6-13-11(9)15-8/h6,16H,2-5H2,1H3,(H,17,18)(H,13,14,15)/p-1. The third-order valence-corrected chi connectivity index (χ3v) is 3.39. The van der Waals surface area contributed by atoms with Gasteiger partial charge in [0.2, 0.25) is 0 Å². The molecule has 0 bridgehead atoms. The molecule has 6 nitrogen and oxygen atoms in total. The van der Waals surface area contributed by atoms with Gasteiger partial charge in [-0.05, 0) is 6.42 Å². The van der Waals surface area contributed by atoms with E-state index in [1.165, 1.54) is 6.20 Å². The number of hydrogen-bond donors (Lipinski definition) is 2. The highest BCUT2D eigenvalue weighted by molar-refractivity contribution is 7.80. The first-order valence-electron chi connectivity index (χ1n) is 6.01. The first-order chi connectivity index (χ1) is 9.11. The molecular weight excluding hydrogens is 288 g/mol. The minimum absolute atomic E-state index is 0.255. The lowest BCUT2D eigenvalue weighted by atomic mass is 10.2. The van der Waals surface area contributed by atoms with Crippen LogP contribution in [0.3, 0.4) is 0 Å². The van der Waals surface area contributed by atoms with Crippen molar-refractivity contribution < 1.29 is 8.76 Å². The molecule has 2 N–H and O–H groups in total. The van der Waals surface area contributed by atoms with E-state index < -0.39 is 11.3 Å². The van der Waals surface area contributed by atoms with E-state index >= 15 is 0 Å². The van der Waals surface area contributed by atoms with Crippen molar-refractivity contribution in [3.05, 3.63) is 17.2 Å². The summed E-state index contributed by atoms with van der Waals surface area (Å²) in [6.07, 6.45) is 5.53. The van der Waals surface area contributed by atoms with Gasteiger partial charge in [0.25, 0.3) is 0 Å². The van der Waals surface area contributed by atoms with E-state index in [1.54, 1.807) is 0 Å². The molecule has 2 aromatic rings. The molecule has 0 saturated carbocycles. The van der Waals surface area contributed by atoms with Crippen molar-refractivity contribution in [3.63, 3.8) is 0 Å². The van der Waals surface area contributed by atoms with E-state index in [2.05, 4.69) is 26.6 Å². The summed E-state index contributed by atoms with van der Waals surface area (Å²) in [7, 11) is 0. The van der Waals surface area contributed by atoms with E-state index in [0.717, 1.165) is 25.7 Å². The highest BCUT2D eigenvalue weighted by Gasteiger charge is 2.12. The van der Waals surface area contributed by atoms with Gasteiger partial charge in [-0.2, -0.15) is 0 Å². The second kappa shape index (κ2) is 6.31. The van der Waals surface area contributed by atoms with Crippen LogP contribution in [-0.2, 0) is 17.7 Å². The van der Waals surface area contributed by atoms with Gasteiger partial charge in [-0.15, -0.1) is 0 Å². The van der Waals surface area contributed by atoms with Crippen LogP contribution in [0.15, 0.2) is 6.20 Å². The maximum absolute atomic E-state index is 10.7. The van der Waals surface area contributed by atoms with Crippen LogP contribution in [0.2, 0.25) is 5.15 Å². The Morgan fingerprint density at radius 2 is 2.26 bits per heavy atom. The summed E-state index contributed by atoms with van der Waals surface area (Å²) in [4.78, 5) is 11.4. The molecule has 0 radical (unpaired) electrons. The van der Waals surface area contributed by atoms with E-state index in [0.29, 0.717) is 22.5 Å². The number of unbranched alkanes of at least 4 members (excludes halogenated alkanes) is 2. The Balaban J connectivity index is 2.29. The van der Waals surface area contributed by atoms with Crippen LogP contribution in [0.4, 0.5) is 5.69 Å². The van der Waals surface area contributed by atoms with Gasteiger partial charge in [0.15, 0.2) is 0 Å². The van der Waals surface area contributed by atoms with Gasteiger partial charge in [0.1, 0.15) is 16.6 Å². The molecule has 0 aliphatic rings. The number of H-pyrrole nitrogens is 1. The minimum atomic E-state index is -2.40. The Kier molecular flexibility index (Phi) is 4.73. The average molecular weight is 302 g/mol. The second-order valence-electron chi connectivity index (χ2n) is 4.15. The number of rotatable bonds is 6. The molecule has 0 aliphatic carbocycles. The summed E-state index contributed by atoms with van der Waals surface area (Å²) in [6, 6.07) is 0. The molecule has 0 amide bonds. The Morgan fingerprint density at radius 3 is 2.95 bits per heavy atom. The normalized spacial score (nSPS) is 12.8. The van der Waals surface area contributed by atoms with Crippen LogP contribution in [-0.4, -0.2) is 23.7 Å². The molecule has 19 heavy (non-hydrogen) atoms. The fourth-order valence-corrected chi connectivity index (χ4v) is 2.48. The quantitative estimate of drug-likeness (QED) is 0.487. The molecular formula is C11H14ClN4O2S-. The summed E-state index contributed by atoms with van der Waals surface area (Å²) >= 11 is 3.69. The number of aryl methyl sites for hydroxylation is 1. The molecule has 0 aliphatic heterocycles. The molecule has 2 heterocycles. The van der Waals surface area contributed by atoms with E-state index in [4.69, 9.17) is 11.6 Å². The number of hydrogen-bond acceptors (Lipinski definition) is 4. The zero-order chi connectivity index (χ0) is 13.8. The van der Waals surface area contributed by atoms with Crippen molar-refractivity contribution >= 4 is 39.6 Å². The summed E-state index contributed by atoms with van der Waals surface area (Å²) in [6.45, 7) is 2.13. The lowest BCUT2D eigenvalue weighted by Crippen LogP contribution is -2.02. The average Bonchev–Trinajstić information content (AvgIpc) is 2.72. The summed E-state index contributed by atoms with van der Waals surface area (Å²) in [5.41, 5.74) is 0.896. The minimum Gasteiger partial charge on any atom is -0.755 e. The number of nitrogens with one attached hydrogen (secondary N) is 2. The SMILES string of the molecule is CCCCCc1nc(Cl)c2c(NS(=O)[O-])c[nH]c2n1. The lowest BCUT2D eigenvalue weighted by molar-refractivity contribution is 0.542. The monoisotopic (exact) mass is 301 g/mol. The van der Waals surface area contributed by atoms with Crippen LogP contribution in [0.5, 0.6) is 0 Å². The second-order valence-corrected chi connectivity index (χ2v) is 5.18. The van der Waals surface area contributed by atoms with Gasteiger partial charge in [0, 0.05) is 23.9 Å². The van der Waals surface area contributed by atoms with Crippen LogP contribution >= 0.6 is 11.6 Å². The summed E-state index contributed by atoms with van der Waals surface area (Å²) in [5, 5.41) is 0.746. The first-order valence-corrected chi connectivity index (χ1v) is 7.46. The van der Waals surface area contributed by atoms with Crippen molar-refractivity contribution in [2.75, 3.05) is 4.72 Å². The van der Waals surface area contributed by atoms with Crippen molar-refractivity contribution in [1.29, 1.82) is 0 Å². The zero-order valence-electron chi connectivity index (χ0n) is 10.4.